The Labute approximate surface area is 184 Å². The minimum atomic E-state index is -0.277. The van der Waals surface area contributed by atoms with Crippen LogP contribution in [-0.4, -0.2) is 42.0 Å². The maximum atomic E-state index is 14.1. The molecule has 2 amide bonds. The summed E-state index contributed by atoms with van der Waals surface area (Å²) in [5.41, 5.74) is 4.58. The Kier molecular flexibility index (Phi) is 5.85. The first-order chi connectivity index (χ1) is 15.4. The Hall–Kier alpha value is -3.81. The third kappa shape index (κ3) is 4.16. The number of aryl methyl sites for hydroxylation is 2. The summed E-state index contributed by atoms with van der Waals surface area (Å²) in [6.45, 7) is 4.21. The number of H-pyrrole nitrogens is 2. The second kappa shape index (κ2) is 8.74. The number of likely N-dealkylation sites (N-methyl/N-ethyl adjacent to an activating group) is 1. The zero-order valence-electron chi connectivity index (χ0n) is 18.2. The lowest BCUT2D eigenvalue weighted by Gasteiger charge is -2.06. The van der Waals surface area contributed by atoms with Gasteiger partial charge >= 0.3 is 0 Å². The molecule has 166 valence electrons. The van der Waals surface area contributed by atoms with Gasteiger partial charge in [-0.15, -0.1) is 0 Å². The number of benzene rings is 2. The van der Waals surface area contributed by atoms with Crippen LogP contribution in [0.5, 0.6) is 5.75 Å². The van der Waals surface area contributed by atoms with Gasteiger partial charge in [0.2, 0.25) is 0 Å². The molecule has 2 aromatic carbocycles. The van der Waals surface area contributed by atoms with E-state index in [9.17, 15) is 14.0 Å². The first-order valence-corrected chi connectivity index (χ1v) is 10.4. The van der Waals surface area contributed by atoms with Crippen LogP contribution in [0.4, 0.5) is 4.39 Å². The highest BCUT2D eigenvalue weighted by Gasteiger charge is 2.15. The monoisotopic (exact) mass is 436 g/mol. The van der Waals surface area contributed by atoms with Crippen LogP contribution in [0, 0.1) is 19.7 Å². The number of halogens is 1. The summed E-state index contributed by atoms with van der Waals surface area (Å²) in [7, 11) is 1.55. The van der Waals surface area contributed by atoms with E-state index in [-0.39, 0.29) is 24.2 Å². The second-order valence-corrected chi connectivity index (χ2v) is 7.74. The second-order valence-electron chi connectivity index (χ2n) is 7.74. The molecule has 4 rings (SSSR count). The molecule has 0 spiro atoms. The number of hydrogen-bond donors (Lipinski definition) is 4. The van der Waals surface area contributed by atoms with Gasteiger partial charge in [-0.1, -0.05) is 6.07 Å². The van der Waals surface area contributed by atoms with Gasteiger partial charge in [0.25, 0.3) is 11.8 Å². The Morgan fingerprint density at radius 2 is 1.91 bits per heavy atom. The lowest BCUT2D eigenvalue weighted by atomic mass is 10.0. The fourth-order valence-electron chi connectivity index (χ4n) is 3.89. The van der Waals surface area contributed by atoms with E-state index in [1.54, 1.807) is 31.3 Å². The van der Waals surface area contributed by atoms with Gasteiger partial charge in [-0.05, 0) is 55.7 Å². The molecule has 0 atom stereocenters. The van der Waals surface area contributed by atoms with Crippen molar-refractivity contribution in [3.05, 3.63) is 64.7 Å². The SMILES string of the molecule is CNC(=O)COc1ccc2cc(C(=O)NCCc3c(C)[nH]c4c(F)ccc(C)c34)[nH]c2c1. The average molecular weight is 436 g/mol. The highest BCUT2D eigenvalue weighted by molar-refractivity contribution is 5.98. The van der Waals surface area contributed by atoms with Crippen LogP contribution < -0.4 is 15.4 Å². The van der Waals surface area contributed by atoms with Gasteiger partial charge in [0.15, 0.2) is 6.61 Å². The molecule has 32 heavy (non-hydrogen) atoms. The van der Waals surface area contributed by atoms with E-state index < -0.39 is 0 Å². The summed E-state index contributed by atoms with van der Waals surface area (Å²) in [5, 5.41) is 7.16. The van der Waals surface area contributed by atoms with Crippen molar-refractivity contribution in [2.75, 3.05) is 20.2 Å². The lowest BCUT2D eigenvalue weighted by Crippen LogP contribution is -2.26. The fourth-order valence-corrected chi connectivity index (χ4v) is 3.89. The molecule has 2 heterocycles. The normalized spacial score (nSPS) is 11.1. The van der Waals surface area contributed by atoms with Gasteiger partial charge in [-0.3, -0.25) is 9.59 Å². The summed E-state index contributed by atoms with van der Waals surface area (Å²) in [6, 6.07) is 10.3. The molecule has 0 radical (unpaired) electrons. The van der Waals surface area contributed by atoms with Crippen LogP contribution >= 0.6 is 0 Å². The van der Waals surface area contributed by atoms with E-state index in [0.717, 1.165) is 33.1 Å². The predicted molar refractivity (Wildman–Crippen MR) is 122 cm³/mol. The molecule has 0 saturated carbocycles. The van der Waals surface area contributed by atoms with Crippen molar-refractivity contribution in [2.45, 2.75) is 20.3 Å². The fraction of sp³-hybridized carbons (Fsp3) is 0.250. The van der Waals surface area contributed by atoms with Crippen LogP contribution in [0.25, 0.3) is 21.8 Å². The third-order valence-electron chi connectivity index (χ3n) is 5.58. The van der Waals surface area contributed by atoms with Crippen LogP contribution in [0.1, 0.15) is 27.3 Å². The summed E-state index contributed by atoms with van der Waals surface area (Å²) in [5.74, 6) is -0.192. The van der Waals surface area contributed by atoms with E-state index in [1.807, 2.05) is 19.9 Å². The largest absolute Gasteiger partial charge is 0.484 e. The minimum Gasteiger partial charge on any atom is -0.484 e. The number of amides is 2. The third-order valence-corrected chi connectivity index (χ3v) is 5.58. The number of hydrogen-bond acceptors (Lipinski definition) is 3. The predicted octanol–water partition coefficient (Wildman–Crippen LogP) is 3.50. The molecule has 0 saturated heterocycles. The first-order valence-electron chi connectivity index (χ1n) is 10.4. The number of carbonyl (C=O) groups excluding carboxylic acids is 2. The molecule has 7 nitrogen and oxygen atoms in total. The molecular formula is C24H25FN4O3. The van der Waals surface area contributed by atoms with E-state index >= 15 is 0 Å². The Morgan fingerprint density at radius 1 is 1.09 bits per heavy atom. The van der Waals surface area contributed by atoms with Crippen molar-refractivity contribution in [2.24, 2.45) is 0 Å². The molecule has 8 heteroatoms. The summed E-state index contributed by atoms with van der Waals surface area (Å²) >= 11 is 0. The molecular weight excluding hydrogens is 411 g/mol. The molecule has 4 aromatic rings. The zero-order valence-corrected chi connectivity index (χ0v) is 18.2. The van der Waals surface area contributed by atoms with Crippen molar-refractivity contribution in [1.82, 2.24) is 20.6 Å². The highest BCUT2D eigenvalue weighted by atomic mass is 19.1. The summed E-state index contributed by atoms with van der Waals surface area (Å²) in [4.78, 5) is 30.2. The molecule has 0 aliphatic rings. The first kappa shape index (κ1) is 21.4. The summed E-state index contributed by atoms with van der Waals surface area (Å²) < 4.78 is 19.6. The maximum absolute atomic E-state index is 14.1. The van der Waals surface area contributed by atoms with Gasteiger partial charge in [-0.25, -0.2) is 4.39 Å². The van der Waals surface area contributed by atoms with E-state index in [4.69, 9.17) is 4.74 Å². The van der Waals surface area contributed by atoms with Crippen LogP contribution in [0.2, 0.25) is 0 Å². The van der Waals surface area contributed by atoms with E-state index in [1.165, 1.54) is 6.07 Å². The van der Waals surface area contributed by atoms with Gasteiger partial charge in [-0.2, -0.15) is 0 Å². The molecule has 0 fully saturated rings. The van der Waals surface area contributed by atoms with Crippen molar-refractivity contribution >= 4 is 33.6 Å². The number of aromatic nitrogens is 2. The van der Waals surface area contributed by atoms with Gasteiger partial charge in [0, 0.05) is 41.6 Å². The van der Waals surface area contributed by atoms with E-state index in [2.05, 4.69) is 20.6 Å². The molecule has 2 aromatic heterocycles. The average Bonchev–Trinajstić information content (AvgIpc) is 3.36. The number of carbonyl (C=O) groups is 2. The van der Waals surface area contributed by atoms with Gasteiger partial charge < -0.3 is 25.3 Å². The number of nitrogens with one attached hydrogen (secondary N) is 4. The number of ether oxygens (including phenoxy) is 1. The van der Waals surface area contributed by atoms with Crippen molar-refractivity contribution in [1.29, 1.82) is 0 Å². The van der Waals surface area contributed by atoms with Gasteiger partial charge in [0.1, 0.15) is 17.3 Å². The summed E-state index contributed by atoms with van der Waals surface area (Å²) in [6.07, 6.45) is 0.583. The molecule has 4 N–H and O–H groups in total. The highest BCUT2D eigenvalue weighted by Crippen LogP contribution is 2.28. The molecule has 0 aliphatic heterocycles. The Bertz CT molecular complexity index is 1320. The van der Waals surface area contributed by atoms with Crippen molar-refractivity contribution < 1.29 is 18.7 Å². The topological polar surface area (TPSA) is 99.0 Å². The van der Waals surface area contributed by atoms with Crippen molar-refractivity contribution in [3.63, 3.8) is 0 Å². The van der Waals surface area contributed by atoms with Crippen molar-refractivity contribution in [3.8, 4) is 5.75 Å². The zero-order chi connectivity index (χ0) is 22.8. The lowest BCUT2D eigenvalue weighted by molar-refractivity contribution is -0.122. The van der Waals surface area contributed by atoms with Crippen LogP contribution in [0.15, 0.2) is 36.4 Å². The standard InChI is InChI=1S/C24H25FN4O3/c1-13-4-7-18(25)23-22(13)17(14(2)28-23)8-9-27-24(31)20-10-15-5-6-16(11-19(15)29-20)32-12-21(30)26-3/h4-7,10-11,28-29H,8-9,12H2,1-3H3,(H,26,30)(H,27,31). The molecule has 0 bridgehead atoms. The van der Waals surface area contributed by atoms with Crippen LogP contribution in [0.3, 0.4) is 0 Å². The smallest absolute Gasteiger partial charge is 0.267 e. The minimum absolute atomic E-state index is 0.0767. The number of fused-ring (bicyclic) bond motifs is 2. The quantitative estimate of drug-likeness (QED) is 0.357. The number of rotatable bonds is 7. The van der Waals surface area contributed by atoms with E-state index in [0.29, 0.717) is 29.9 Å². The Morgan fingerprint density at radius 3 is 2.69 bits per heavy atom. The van der Waals surface area contributed by atoms with Crippen LogP contribution in [-0.2, 0) is 11.2 Å². The Balaban J connectivity index is 1.43. The van der Waals surface area contributed by atoms with Gasteiger partial charge in [0.05, 0.1) is 5.52 Å². The number of aromatic amines is 2. The molecule has 0 unspecified atom stereocenters. The maximum Gasteiger partial charge on any atom is 0.267 e. The molecule has 0 aliphatic carbocycles.